The Morgan fingerprint density at radius 3 is 1.71 bits per heavy atom. The van der Waals surface area contributed by atoms with E-state index in [0.29, 0.717) is 11.3 Å². The second kappa shape index (κ2) is 8.67. The maximum atomic E-state index is 2.28. The van der Waals surface area contributed by atoms with Gasteiger partial charge in [-0.3, -0.25) is 0 Å². The third kappa shape index (κ3) is 5.75. The lowest BCUT2D eigenvalue weighted by molar-refractivity contribution is 0.506. The van der Waals surface area contributed by atoms with E-state index in [2.05, 4.69) is 95.3 Å². The van der Waals surface area contributed by atoms with Crippen LogP contribution in [0.25, 0.3) is 0 Å². The van der Waals surface area contributed by atoms with Gasteiger partial charge in [0.1, 0.15) is 0 Å². The van der Waals surface area contributed by atoms with E-state index in [1.807, 2.05) is 0 Å². The maximum Gasteiger partial charge on any atom is -0.0106 e. The molecule has 0 bridgehead atoms. The molecule has 0 fully saturated rings. The SMILES string of the molecule is CCC(C)(C)c1ccccc1.CCC(C)c1ccccc1. The third-order valence-corrected chi connectivity index (χ3v) is 4.42. The largest absolute Gasteiger partial charge is 0.0648 e. The first-order valence-electron chi connectivity index (χ1n) is 8.11. The summed E-state index contributed by atoms with van der Waals surface area (Å²) in [6, 6.07) is 21.3. The molecule has 2 aromatic rings. The zero-order chi connectivity index (χ0) is 15.7. The van der Waals surface area contributed by atoms with Gasteiger partial charge in [0, 0.05) is 0 Å². The first-order chi connectivity index (χ1) is 10.0. The second-order valence-electron chi connectivity index (χ2n) is 6.32. The van der Waals surface area contributed by atoms with E-state index in [1.165, 1.54) is 24.0 Å². The fourth-order valence-corrected chi connectivity index (χ4v) is 2.11. The van der Waals surface area contributed by atoms with Gasteiger partial charge >= 0.3 is 0 Å². The zero-order valence-corrected chi connectivity index (χ0v) is 14.3. The molecule has 0 nitrogen and oxygen atoms in total. The van der Waals surface area contributed by atoms with Gasteiger partial charge in [-0.05, 0) is 35.3 Å². The van der Waals surface area contributed by atoms with Crippen LogP contribution in [0, 0.1) is 0 Å². The number of benzene rings is 2. The first kappa shape index (κ1) is 17.5. The Bertz CT molecular complexity index is 482. The zero-order valence-electron chi connectivity index (χ0n) is 14.3. The highest BCUT2D eigenvalue weighted by Gasteiger charge is 2.16. The lowest BCUT2D eigenvalue weighted by atomic mass is 9.82. The summed E-state index contributed by atoms with van der Waals surface area (Å²) in [5.41, 5.74) is 3.22. The average Bonchev–Trinajstić information content (AvgIpc) is 2.56. The van der Waals surface area contributed by atoms with Gasteiger partial charge in [0.15, 0.2) is 0 Å². The molecule has 0 heteroatoms. The Kier molecular flexibility index (Phi) is 7.22. The molecule has 21 heavy (non-hydrogen) atoms. The molecule has 0 saturated carbocycles. The van der Waals surface area contributed by atoms with Gasteiger partial charge < -0.3 is 0 Å². The summed E-state index contributed by atoms with van der Waals surface area (Å²) in [6.07, 6.45) is 2.42. The number of hydrogen-bond acceptors (Lipinski definition) is 0. The van der Waals surface area contributed by atoms with Crippen LogP contribution in [0.1, 0.15) is 64.5 Å². The lowest BCUT2D eigenvalue weighted by Crippen LogP contribution is -2.14. The Morgan fingerprint density at radius 1 is 0.810 bits per heavy atom. The van der Waals surface area contributed by atoms with E-state index < -0.39 is 0 Å². The van der Waals surface area contributed by atoms with E-state index in [4.69, 9.17) is 0 Å². The standard InChI is InChI=1S/C11H16.C10H14/c1-4-11(2,3)10-8-6-5-7-9-10;1-3-9(2)10-7-5-4-6-8-10/h5-9H,4H2,1-3H3;4-9H,3H2,1-2H3. The minimum atomic E-state index is 0.335. The van der Waals surface area contributed by atoms with Crippen molar-refractivity contribution in [1.82, 2.24) is 0 Å². The summed E-state index contributed by atoms with van der Waals surface area (Å²) >= 11 is 0. The highest BCUT2D eigenvalue weighted by Crippen LogP contribution is 2.25. The molecule has 0 radical (unpaired) electrons. The fourth-order valence-electron chi connectivity index (χ4n) is 2.11. The highest BCUT2D eigenvalue weighted by molar-refractivity contribution is 5.22. The number of rotatable bonds is 4. The molecule has 1 atom stereocenters. The molecular formula is C21H30. The maximum absolute atomic E-state index is 2.28. The minimum absolute atomic E-state index is 0.335. The Hall–Kier alpha value is -1.56. The topological polar surface area (TPSA) is 0 Å². The van der Waals surface area contributed by atoms with E-state index in [1.54, 1.807) is 0 Å². The molecule has 0 aliphatic carbocycles. The molecule has 0 heterocycles. The quantitative estimate of drug-likeness (QED) is 0.594. The van der Waals surface area contributed by atoms with E-state index in [9.17, 15) is 0 Å². The van der Waals surface area contributed by atoms with Crippen molar-refractivity contribution in [2.75, 3.05) is 0 Å². The van der Waals surface area contributed by atoms with Gasteiger partial charge in [-0.25, -0.2) is 0 Å². The van der Waals surface area contributed by atoms with Crippen LogP contribution in [0.15, 0.2) is 60.7 Å². The van der Waals surface area contributed by atoms with Crippen LogP contribution in [0.3, 0.4) is 0 Å². The first-order valence-corrected chi connectivity index (χ1v) is 8.11. The molecule has 0 N–H and O–H groups in total. The van der Waals surface area contributed by atoms with Crippen molar-refractivity contribution in [2.45, 2.75) is 58.8 Å². The molecule has 2 aromatic carbocycles. The van der Waals surface area contributed by atoms with Gasteiger partial charge in [-0.2, -0.15) is 0 Å². The van der Waals surface area contributed by atoms with Gasteiger partial charge in [0.2, 0.25) is 0 Å². The van der Waals surface area contributed by atoms with Gasteiger partial charge in [-0.15, -0.1) is 0 Å². The molecule has 0 aliphatic rings. The lowest BCUT2D eigenvalue weighted by Gasteiger charge is -2.22. The average molecular weight is 282 g/mol. The van der Waals surface area contributed by atoms with Gasteiger partial charge in [0.25, 0.3) is 0 Å². The molecule has 2 rings (SSSR count). The summed E-state index contributed by atoms with van der Waals surface area (Å²) in [5, 5.41) is 0. The number of hydrogen-bond donors (Lipinski definition) is 0. The van der Waals surface area contributed by atoms with Crippen molar-refractivity contribution >= 4 is 0 Å². The predicted octanol–water partition coefficient (Wildman–Crippen LogP) is 6.57. The van der Waals surface area contributed by atoms with Crippen LogP contribution in [-0.4, -0.2) is 0 Å². The Labute approximate surface area is 131 Å². The van der Waals surface area contributed by atoms with Crippen molar-refractivity contribution in [3.05, 3.63) is 71.8 Å². The molecule has 1 unspecified atom stereocenters. The summed E-state index contributed by atoms with van der Waals surface area (Å²) in [6.45, 7) is 11.3. The van der Waals surface area contributed by atoms with Crippen molar-refractivity contribution in [3.8, 4) is 0 Å². The van der Waals surface area contributed by atoms with Crippen molar-refractivity contribution in [3.63, 3.8) is 0 Å². The highest BCUT2D eigenvalue weighted by atomic mass is 14.2. The molecular weight excluding hydrogens is 252 g/mol. The molecule has 114 valence electrons. The summed E-state index contributed by atoms with van der Waals surface area (Å²) < 4.78 is 0. The fraction of sp³-hybridized carbons (Fsp3) is 0.429. The molecule has 0 aliphatic heterocycles. The molecule has 0 spiro atoms. The minimum Gasteiger partial charge on any atom is -0.0648 e. The normalized spacial score (nSPS) is 12.2. The summed E-state index contributed by atoms with van der Waals surface area (Å²) in [7, 11) is 0. The summed E-state index contributed by atoms with van der Waals surface area (Å²) in [4.78, 5) is 0. The van der Waals surface area contributed by atoms with Crippen molar-refractivity contribution in [1.29, 1.82) is 0 Å². The van der Waals surface area contributed by atoms with Gasteiger partial charge in [-0.1, -0.05) is 95.3 Å². The van der Waals surface area contributed by atoms with E-state index >= 15 is 0 Å². The second-order valence-corrected chi connectivity index (χ2v) is 6.32. The monoisotopic (exact) mass is 282 g/mol. The smallest absolute Gasteiger partial charge is 0.0106 e. The van der Waals surface area contributed by atoms with Crippen LogP contribution in [0.2, 0.25) is 0 Å². The van der Waals surface area contributed by atoms with Crippen LogP contribution >= 0.6 is 0 Å². The van der Waals surface area contributed by atoms with Crippen LogP contribution < -0.4 is 0 Å². The Morgan fingerprint density at radius 2 is 1.29 bits per heavy atom. The third-order valence-electron chi connectivity index (χ3n) is 4.42. The van der Waals surface area contributed by atoms with Crippen LogP contribution in [0.5, 0.6) is 0 Å². The van der Waals surface area contributed by atoms with Crippen LogP contribution in [0.4, 0.5) is 0 Å². The van der Waals surface area contributed by atoms with Crippen molar-refractivity contribution < 1.29 is 0 Å². The van der Waals surface area contributed by atoms with E-state index in [0.717, 1.165) is 0 Å². The molecule has 0 aromatic heterocycles. The summed E-state index contributed by atoms with van der Waals surface area (Å²) in [5.74, 6) is 0.709. The molecule has 0 amide bonds. The Balaban J connectivity index is 0.000000211. The van der Waals surface area contributed by atoms with Crippen molar-refractivity contribution in [2.24, 2.45) is 0 Å². The molecule has 0 saturated heterocycles. The van der Waals surface area contributed by atoms with Crippen LogP contribution in [-0.2, 0) is 5.41 Å². The van der Waals surface area contributed by atoms with E-state index in [-0.39, 0.29) is 0 Å². The van der Waals surface area contributed by atoms with Gasteiger partial charge in [0.05, 0.1) is 0 Å². The predicted molar refractivity (Wildman–Crippen MR) is 94.9 cm³/mol.